The number of thioether (sulfide) groups is 1. The number of carbonyl (C=O) groups is 1. The summed E-state index contributed by atoms with van der Waals surface area (Å²) in [5, 5.41) is 0.453. The first-order chi connectivity index (χ1) is 10.8. The Morgan fingerprint density at radius 2 is 2.09 bits per heavy atom. The summed E-state index contributed by atoms with van der Waals surface area (Å²) in [6, 6.07) is 5.62. The van der Waals surface area contributed by atoms with Crippen LogP contribution in [0.15, 0.2) is 35.5 Å². The van der Waals surface area contributed by atoms with Crippen LogP contribution < -0.4 is 11.5 Å². The zero-order valence-electron chi connectivity index (χ0n) is 12.4. The van der Waals surface area contributed by atoms with Gasteiger partial charge in [-0.25, -0.2) is 18.7 Å². The van der Waals surface area contributed by atoms with Crippen molar-refractivity contribution in [3.63, 3.8) is 0 Å². The van der Waals surface area contributed by atoms with E-state index in [9.17, 15) is 13.6 Å². The van der Waals surface area contributed by atoms with Crippen molar-refractivity contribution in [3.05, 3.63) is 47.3 Å². The zero-order chi connectivity index (χ0) is 17.0. The molecule has 2 heterocycles. The molecule has 0 saturated carbocycles. The van der Waals surface area contributed by atoms with E-state index < -0.39 is 17.3 Å². The number of nitrogens with two attached hydrogens (primary N) is 2. The van der Waals surface area contributed by atoms with Gasteiger partial charge in [0.25, 0.3) is 5.92 Å². The van der Waals surface area contributed by atoms with Crippen molar-refractivity contribution in [1.82, 2.24) is 9.97 Å². The van der Waals surface area contributed by atoms with Crippen LogP contribution in [0.1, 0.15) is 28.5 Å². The molecule has 0 aromatic carbocycles. The quantitative estimate of drug-likeness (QED) is 0.620. The van der Waals surface area contributed by atoms with Crippen LogP contribution in [0.5, 0.6) is 0 Å². The lowest BCUT2D eigenvalue weighted by molar-refractivity contribution is 0.0160. The van der Waals surface area contributed by atoms with Crippen LogP contribution in [-0.4, -0.2) is 28.0 Å². The molecule has 0 amide bonds. The Bertz CT molecular complexity index is 719. The molecule has 0 saturated heterocycles. The molecule has 2 rings (SSSR count). The van der Waals surface area contributed by atoms with Gasteiger partial charge in [0, 0.05) is 25.4 Å². The van der Waals surface area contributed by atoms with Gasteiger partial charge in [0.15, 0.2) is 0 Å². The van der Waals surface area contributed by atoms with Crippen LogP contribution in [0, 0.1) is 0 Å². The second-order valence-corrected chi connectivity index (χ2v) is 5.95. The van der Waals surface area contributed by atoms with Crippen molar-refractivity contribution in [3.8, 4) is 0 Å². The van der Waals surface area contributed by atoms with E-state index in [4.69, 9.17) is 11.5 Å². The highest BCUT2D eigenvalue weighted by molar-refractivity contribution is 7.99. The van der Waals surface area contributed by atoms with Crippen LogP contribution >= 0.6 is 11.8 Å². The third kappa shape index (κ3) is 4.02. The van der Waals surface area contributed by atoms with Gasteiger partial charge in [0.05, 0.1) is 16.2 Å². The Morgan fingerprint density at radius 1 is 1.35 bits per heavy atom. The van der Waals surface area contributed by atoms with Gasteiger partial charge in [0.1, 0.15) is 11.5 Å². The molecular weight excluding hydrogens is 322 g/mol. The summed E-state index contributed by atoms with van der Waals surface area (Å²) >= 11 is 1.29. The van der Waals surface area contributed by atoms with Gasteiger partial charge in [-0.1, -0.05) is 0 Å². The molecule has 23 heavy (non-hydrogen) atoms. The van der Waals surface area contributed by atoms with Crippen molar-refractivity contribution in [2.45, 2.75) is 17.9 Å². The number of anilines is 1. The third-order valence-electron chi connectivity index (χ3n) is 3.01. The second-order valence-electron chi connectivity index (χ2n) is 4.84. The molecule has 122 valence electrons. The first kappa shape index (κ1) is 17.3. The van der Waals surface area contributed by atoms with Crippen LogP contribution in [0.25, 0.3) is 0 Å². The number of nitrogens with zero attached hydrogens (tertiary/aromatic N) is 2. The molecule has 0 aliphatic rings. The van der Waals surface area contributed by atoms with Crippen molar-refractivity contribution in [2.75, 3.05) is 18.0 Å². The zero-order valence-corrected chi connectivity index (χ0v) is 13.2. The molecule has 0 fully saturated rings. The third-order valence-corrected chi connectivity index (χ3v) is 3.97. The maximum atomic E-state index is 13.8. The van der Waals surface area contributed by atoms with Crippen molar-refractivity contribution >= 4 is 23.4 Å². The summed E-state index contributed by atoms with van der Waals surface area (Å²) in [5.74, 6) is -3.34. The number of carbonyl (C=O) groups excluding carboxylic acids is 1. The monoisotopic (exact) mass is 338 g/mol. The summed E-state index contributed by atoms with van der Waals surface area (Å²) in [5.41, 5.74) is 10.4. The lowest BCUT2D eigenvalue weighted by Crippen LogP contribution is -2.18. The maximum absolute atomic E-state index is 13.8. The number of halogens is 2. The molecular formula is C15H16F2N4OS. The summed E-state index contributed by atoms with van der Waals surface area (Å²) in [6.45, 7) is 1.14. The lowest BCUT2D eigenvalue weighted by atomic mass is 10.0. The van der Waals surface area contributed by atoms with Gasteiger partial charge < -0.3 is 11.5 Å². The predicted octanol–water partition coefficient (Wildman–Crippen LogP) is 2.45. The minimum absolute atomic E-state index is 0.0234. The van der Waals surface area contributed by atoms with E-state index in [2.05, 4.69) is 9.97 Å². The highest BCUT2D eigenvalue weighted by atomic mass is 32.2. The summed E-state index contributed by atoms with van der Waals surface area (Å²) in [4.78, 5) is 20.5. The van der Waals surface area contributed by atoms with Crippen molar-refractivity contribution < 1.29 is 13.6 Å². The lowest BCUT2D eigenvalue weighted by Gasteiger charge is -2.15. The standard InChI is InChI=1S/C15H16F2N4OS/c1-15(16,17)10-4-5-11(23-8-6-18)21-12(10)13(22)9-3-2-7-20-14(9)19/h2-5,7H,6,8,18H2,1H3,(H2,19,20). The Morgan fingerprint density at radius 3 is 2.70 bits per heavy atom. The van der Waals surface area contributed by atoms with E-state index in [1.165, 1.54) is 42.2 Å². The number of rotatable bonds is 6. The minimum Gasteiger partial charge on any atom is -0.383 e. The Balaban J connectivity index is 2.53. The normalized spacial score (nSPS) is 11.5. The first-order valence-corrected chi connectivity index (χ1v) is 7.80. The molecule has 0 bridgehead atoms. The molecule has 2 aromatic heterocycles. The molecule has 0 atom stereocenters. The number of hydrogen-bond acceptors (Lipinski definition) is 6. The van der Waals surface area contributed by atoms with E-state index in [1.807, 2.05) is 0 Å². The number of hydrogen-bond donors (Lipinski definition) is 2. The highest BCUT2D eigenvalue weighted by Gasteiger charge is 2.32. The van der Waals surface area contributed by atoms with Crippen LogP contribution in [0.3, 0.4) is 0 Å². The Kier molecular flexibility index (Phi) is 5.27. The van der Waals surface area contributed by atoms with E-state index in [0.29, 0.717) is 17.3 Å². The molecule has 2 aromatic rings. The SMILES string of the molecule is CC(F)(F)c1ccc(SCCN)nc1C(=O)c1cccnc1N. The molecule has 5 nitrogen and oxygen atoms in total. The molecule has 0 spiro atoms. The average Bonchev–Trinajstić information content (AvgIpc) is 2.51. The largest absolute Gasteiger partial charge is 0.383 e. The fourth-order valence-electron chi connectivity index (χ4n) is 1.95. The highest BCUT2D eigenvalue weighted by Crippen LogP contribution is 2.32. The summed E-state index contributed by atoms with van der Waals surface area (Å²) < 4.78 is 27.6. The Labute approximate surface area is 136 Å². The Hall–Kier alpha value is -2.06. The van der Waals surface area contributed by atoms with Crippen LogP contribution in [0.4, 0.5) is 14.6 Å². The van der Waals surface area contributed by atoms with Gasteiger partial charge >= 0.3 is 0 Å². The van der Waals surface area contributed by atoms with Gasteiger partial charge in [-0.2, -0.15) is 0 Å². The number of ketones is 1. The van der Waals surface area contributed by atoms with Gasteiger partial charge in [-0.15, -0.1) is 11.8 Å². The second kappa shape index (κ2) is 7.01. The number of aromatic nitrogens is 2. The molecule has 0 aliphatic heterocycles. The van der Waals surface area contributed by atoms with Gasteiger partial charge in [-0.3, -0.25) is 4.79 Å². The average molecular weight is 338 g/mol. The van der Waals surface area contributed by atoms with Crippen LogP contribution in [-0.2, 0) is 5.92 Å². The van der Waals surface area contributed by atoms with E-state index in [0.717, 1.165) is 6.92 Å². The fourth-order valence-corrected chi connectivity index (χ4v) is 2.60. The van der Waals surface area contributed by atoms with E-state index >= 15 is 0 Å². The van der Waals surface area contributed by atoms with Crippen molar-refractivity contribution in [1.29, 1.82) is 0 Å². The van der Waals surface area contributed by atoms with Crippen molar-refractivity contribution in [2.24, 2.45) is 5.73 Å². The number of alkyl halides is 2. The molecule has 4 N–H and O–H groups in total. The number of pyridine rings is 2. The summed E-state index contributed by atoms with van der Waals surface area (Å²) in [6.07, 6.45) is 1.42. The first-order valence-electron chi connectivity index (χ1n) is 6.82. The molecule has 0 aliphatic carbocycles. The molecule has 0 unspecified atom stereocenters. The van der Waals surface area contributed by atoms with E-state index in [-0.39, 0.29) is 17.1 Å². The number of nitrogen functional groups attached to an aromatic ring is 1. The molecule has 8 heteroatoms. The smallest absolute Gasteiger partial charge is 0.272 e. The fraction of sp³-hybridized carbons (Fsp3) is 0.267. The van der Waals surface area contributed by atoms with E-state index in [1.54, 1.807) is 0 Å². The maximum Gasteiger partial charge on any atom is 0.272 e. The summed E-state index contributed by atoms with van der Waals surface area (Å²) in [7, 11) is 0. The topological polar surface area (TPSA) is 94.9 Å². The minimum atomic E-state index is -3.20. The van der Waals surface area contributed by atoms with Gasteiger partial charge in [0.2, 0.25) is 5.78 Å². The predicted molar refractivity (Wildman–Crippen MR) is 85.7 cm³/mol. The molecule has 0 radical (unpaired) electrons. The van der Waals surface area contributed by atoms with Crippen LogP contribution in [0.2, 0.25) is 0 Å². The van der Waals surface area contributed by atoms with Gasteiger partial charge in [-0.05, 0) is 24.3 Å².